The first-order chi connectivity index (χ1) is 16.4. The average Bonchev–Trinajstić information content (AvgIpc) is 3.31. The Morgan fingerprint density at radius 3 is 2.29 bits per heavy atom. The summed E-state index contributed by atoms with van der Waals surface area (Å²) in [6, 6.07) is 18.7. The fourth-order valence-corrected chi connectivity index (χ4v) is 3.93. The van der Waals surface area contributed by atoms with Gasteiger partial charge >= 0.3 is 0 Å². The van der Waals surface area contributed by atoms with Crippen LogP contribution in [0.4, 0.5) is 15.9 Å². The molecule has 7 nitrogen and oxygen atoms in total. The third-order valence-electron chi connectivity index (χ3n) is 5.37. The van der Waals surface area contributed by atoms with E-state index in [0.717, 1.165) is 10.5 Å². The lowest BCUT2D eigenvalue weighted by Gasteiger charge is -2.15. The smallest absolute Gasteiger partial charge is 0.266 e. The molecule has 0 atom stereocenters. The van der Waals surface area contributed by atoms with Gasteiger partial charge in [-0.1, -0.05) is 41.9 Å². The number of carbonyl (C=O) groups excluding carboxylic acids is 3. The number of anilines is 2. The molecule has 34 heavy (non-hydrogen) atoms. The summed E-state index contributed by atoms with van der Waals surface area (Å²) >= 11 is 6.24. The summed E-state index contributed by atoms with van der Waals surface area (Å²) in [5.41, 5.74) is 1.96. The molecule has 2 heterocycles. The quantitative estimate of drug-likeness (QED) is 0.422. The van der Waals surface area contributed by atoms with Gasteiger partial charge in [0.25, 0.3) is 17.7 Å². The number of imide groups is 1. The van der Waals surface area contributed by atoms with Crippen molar-refractivity contribution in [1.29, 1.82) is 0 Å². The number of nitrogens with one attached hydrogen (secondary N) is 1. The van der Waals surface area contributed by atoms with Crippen molar-refractivity contribution in [3.05, 3.63) is 112 Å². The average molecular weight is 475 g/mol. The van der Waals surface area contributed by atoms with Gasteiger partial charge in [-0.05, 0) is 48.0 Å². The van der Waals surface area contributed by atoms with E-state index in [1.807, 2.05) is 0 Å². The van der Waals surface area contributed by atoms with Crippen LogP contribution in [0.3, 0.4) is 0 Å². The van der Waals surface area contributed by atoms with Crippen LogP contribution in [0.15, 0.2) is 79.0 Å². The second-order valence-electron chi connectivity index (χ2n) is 7.65. The van der Waals surface area contributed by atoms with Crippen molar-refractivity contribution in [1.82, 2.24) is 9.78 Å². The van der Waals surface area contributed by atoms with Crippen molar-refractivity contribution in [3.8, 4) is 0 Å². The Bertz CT molecular complexity index is 1410. The summed E-state index contributed by atoms with van der Waals surface area (Å²) < 4.78 is 14.6. The highest BCUT2D eigenvalue weighted by Crippen LogP contribution is 2.29. The number of hydrogen-bond acceptors (Lipinski definition) is 4. The molecule has 5 rings (SSSR count). The molecule has 9 heteroatoms. The van der Waals surface area contributed by atoms with Crippen molar-refractivity contribution >= 4 is 40.8 Å². The van der Waals surface area contributed by atoms with E-state index in [-0.39, 0.29) is 27.9 Å². The van der Waals surface area contributed by atoms with Crippen LogP contribution < -0.4 is 10.2 Å². The minimum Gasteiger partial charge on any atom is -0.304 e. The van der Waals surface area contributed by atoms with E-state index >= 15 is 0 Å². The molecule has 0 aliphatic carbocycles. The number of benzene rings is 3. The Kier molecular flexibility index (Phi) is 5.43. The van der Waals surface area contributed by atoms with Gasteiger partial charge in [0.1, 0.15) is 10.8 Å². The molecule has 1 aliphatic heterocycles. The lowest BCUT2D eigenvalue weighted by atomic mass is 10.1. The zero-order valence-corrected chi connectivity index (χ0v) is 18.3. The number of nitrogens with zero attached hydrogens (tertiary/aromatic N) is 3. The van der Waals surface area contributed by atoms with Crippen molar-refractivity contribution < 1.29 is 18.8 Å². The molecule has 0 unspecified atom stereocenters. The second kappa shape index (κ2) is 8.57. The van der Waals surface area contributed by atoms with Gasteiger partial charge in [-0.25, -0.2) is 9.29 Å². The Morgan fingerprint density at radius 1 is 0.941 bits per heavy atom. The van der Waals surface area contributed by atoms with E-state index in [4.69, 9.17) is 11.6 Å². The highest BCUT2D eigenvalue weighted by atomic mass is 35.5. The van der Waals surface area contributed by atoms with Gasteiger partial charge in [-0.15, -0.1) is 0 Å². The van der Waals surface area contributed by atoms with Crippen LogP contribution in [0.25, 0.3) is 0 Å². The first kappa shape index (κ1) is 21.5. The molecule has 0 saturated carbocycles. The zero-order chi connectivity index (χ0) is 23.8. The Hall–Kier alpha value is -4.30. The third-order valence-corrected chi connectivity index (χ3v) is 5.64. The van der Waals surface area contributed by atoms with E-state index < -0.39 is 17.7 Å². The summed E-state index contributed by atoms with van der Waals surface area (Å²) in [5.74, 6) is -1.58. The van der Waals surface area contributed by atoms with Gasteiger partial charge in [-0.2, -0.15) is 5.10 Å². The molecule has 168 valence electrons. The summed E-state index contributed by atoms with van der Waals surface area (Å²) in [6.45, 7) is 0.338. The second-order valence-corrected chi connectivity index (χ2v) is 8.05. The molecule has 0 saturated heterocycles. The van der Waals surface area contributed by atoms with Gasteiger partial charge in [0, 0.05) is 11.8 Å². The maximum Gasteiger partial charge on any atom is 0.266 e. The third kappa shape index (κ3) is 3.95. The van der Waals surface area contributed by atoms with Gasteiger partial charge in [0.05, 0.1) is 23.4 Å². The van der Waals surface area contributed by atoms with Crippen molar-refractivity contribution in [2.45, 2.75) is 6.54 Å². The van der Waals surface area contributed by atoms with E-state index in [0.29, 0.717) is 17.7 Å². The standard InChI is InChI=1S/C25H16ClFN4O3/c26-21-14-30(13-15-8-10-17(27)11-9-15)29-22(21)28-23(32)16-4-3-5-18(12-16)31-24(33)19-6-1-2-7-20(19)25(31)34/h1-12,14H,13H2,(H,28,29,32). The van der Waals surface area contributed by atoms with E-state index in [9.17, 15) is 18.8 Å². The van der Waals surface area contributed by atoms with Crippen LogP contribution in [0.1, 0.15) is 36.6 Å². The van der Waals surface area contributed by atoms with Crippen LogP contribution >= 0.6 is 11.6 Å². The maximum absolute atomic E-state index is 13.1. The van der Waals surface area contributed by atoms with Crippen molar-refractivity contribution in [2.24, 2.45) is 0 Å². The molecule has 0 fully saturated rings. The Labute approximate surface area is 198 Å². The van der Waals surface area contributed by atoms with Crippen LogP contribution in [-0.4, -0.2) is 27.5 Å². The predicted molar refractivity (Wildman–Crippen MR) is 125 cm³/mol. The topological polar surface area (TPSA) is 84.3 Å². The molecule has 1 aliphatic rings. The lowest BCUT2D eigenvalue weighted by Crippen LogP contribution is -2.29. The number of rotatable bonds is 5. The molecule has 3 aromatic carbocycles. The molecular weight excluding hydrogens is 459 g/mol. The van der Waals surface area contributed by atoms with Crippen molar-refractivity contribution in [3.63, 3.8) is 0 Å². The van der Waals surface area contributed by atoms with Gasteiger partial charge in [0.2, 0.25) is 0 Å². The molecule has 0 bridgehead atoms. The van der Waals surface area contributed by atoms with Crippen LogP contribution in [0, 0.1) is 5.82 Å². The Balaban J connectivity index is 1.34. The Morgan fingerprint density at radius 2 is 1.62 bits per heavy atom. The van der Waals surface area contributed by atoms with Crippen LogP contribution in [-0.2, 0) is 6.54 Å². The van der Waals surface area contributed by atoms with Crippen LogP contribution in [0.5, 0.6) is 0 Å². The molecule has 0 radical (unpaired) electrons. The first-order valence-corrected chi connectivity index (χ1v) is 10.6. The number of halogens is 2. The number of aromatic nitrogens is 2. The summed E-state index contributed by atoms with van der Waals surface area (Å²) in [6.07, 6.45) is 1.55. The van der Waals surface area contributed by atoms with Gasteiger partial charge < -0.3 is 5.32 Å². The summed E-state index contributed by atoms with van der Waals surface area (Å²) in [4.78, 5) is 39.4. The van der Waals surface area contributed by atoms with E-state index in [1.54, 1.807) is 60.8 Å². The van der Waals surface area contributed by atoms with E-state index in [1.165, 1.54) is 22.9 Å². The van der Waals surface area contributed by atoms with Gasteiger partial charge in [0.15, 0.2) is 5.82 Å². The van der Waals surface area contributed by atoms with Crippen LogP contribution in [0.2, 0.25) is 5.02 Å². The molecular formula is C25H16ClFN4O3. The lowest BCUT2D eigenvalue weighted by molar-refractivity contribution is 0.0924. The number of hydrogen-bond donors (Lipinski definition) is 1. The molecule has 1 aromatic heterocycles. The molecule has 3 amide bonds. The highest BCUT2D eigenvalue weighted by Gasteiger charge is 2.36. The van der Waals surface area contributed by atoms with Gasteiger partial charge in [-0.3, -0.25) is 19.1 Å². The molecule has 1 N–H and O–H groups in total. The number of amides is 3. The fourth-order valence-electron chi connectivity index (χ4n) is 3.73. The normalized spacial score (nSPS) is 12.7. The minimum atomic E-state index is -0.507. The highest BCUT2D eigenvalue weighted by molar-refractivity contribution is 6.35. The first-order valence-electron chi connectivity index (χ1n) is 10.3. The maximum atomic E-state index is 13.1. The summed E-state index contributed by atoms with van der Waals surface area (Å²) in [5, 5.41) is 7.16. The minimum absolute atomic E-state index is 0.153. The number of fused-ring (bicyclic) bond motifs is 1. The SMILES string of the molecule is O=C(Nc1nn(Cc2ccc(F)cc2)cc1Cl)c1cccc(N2C(=O)c3ccccc3C2=O)c1. The molecule has 0 spiro atoms. The molecule has 4 aromatic rings. The zero-order valence-electron chi connectivity index (χ0n) is 17.5. The monoisotopic (exact) mass is 474 g/mol. The van der Waals surface area contributed by atoms with Crippen molar-refractivity contribution in [2.75, 3.05) is 10.2 Å². The largest absolute Gasteiger partial charge is 0.304 e. The van der Waals surface area contributed by atoms with E-state index in [2.05, 4.69) is 10.4 Å². The predicted octanol–water partition coefficient (Wildman–Crippen LogP) is 4.78. The summed E-state index contributed by atoms with van der Waals surface area (Å²) in [7, 11) is 0. The number of carbonyl (C=O) groups is 3. The fraction of sp³-hybridized carbons (Fsp3) is 0.0400.